The molecule has 2 rings (SSSR count). The Morgan fingerprint density at radius 1 is 1.22 bits per heavy atom. The van der Waals surface area contributed by atoms with Gasteiger partial charge >= 0.3 is 0 Å². The molecule has 1 saturated carbocycles. The van der Waals surface area contributed by atoms with Gasteiger partial charge in [-0.25, -0.2) is 8.78 Å². The van der Waals surface area contributed by atoms with Crippen LogP contribution in [-0.4, -0.2) is 5.78 Å². The van der Waals surface area contributed by atoms with Crippen molar-refractivity contribution in [1.29, 1.82) is 0 Å². The Morgan fingerprint density at radius 2 is 1.83 bits per heavy atom. The van der Waals surface area contributed by atoms with E-state index in [1.807, 2.05) is 6.92 Å². The molecule has 0 radical (unpaired) electrons. The van der Waals surface area contributed by atoms with Gasteiger partial charge in [0.2, 0.25) is 0 Å². The van der Waals surface area contributed by atoms with E-state index in [9.17, 15) is 13.6 Å². The maximum absolute atomic E-state index is 13.9. The first-order chi connectivity index (χ1) is 8.46. The van der Waals surface area contributed by atoms with Gasteiger partial charge in [-0.15, -0.1) is 0 Å². The van der Waals surface area contributed by atoms with Crippen LogP contribution in [0.4, 0.5) is 8.78 Å². The fourth-order valence-corrected chi connectivity index (χ4v) is 2.93. The third-order valence-corrected chi connectivity index (χ3v) is 4.39. The van der Waals surface area contributed by atoms with Gasteiger partial charge in [-0.2, -0.15) is 0 Å². The normalized spacial score (nSPS) is 18.7. The SMILES string of the molecule is CC1(C(=O)c2c(F)ccc(Br)c2F)CCCCC1. The molecule has 0 unspecified atom stereocenters. The van der Waals surface area contributed by atoms with Crippen LogP contribution in [-0.2, 0) is 0 Å². The van der Waals surface area contributed by atoms with Crippen LogP contribution in [0.15, 0.2) is 16.6 Å². The fraction of sp³-hybridized carbons (Fsp3) is 0.500. The average molecular weight is 317 g/mol. The summed E-state index contributed by atoms with van der Waals surface area (Å²) in [5, 5.41) is 0. The molecule has 0 bridgehead atoms. The van der Waals surface area contributed by atoms with Crippen LogP contribution < -0.4 is 0 Å². The maximum atomic E-state index is 13.9. The Labute approximate surface area is 114 Å². The van der Waals surface area contributed by atoms with Gasteiger partial charge < -0.3 is 0 Å². The maximum Gasteiger partial charge on any atom is 0.174 e. The number of benzene rings is 1. The topological polar surface area (TPSA) is 17.1 Å². The van der Waals surface area contributed by atoms with E-state index >= 15 is 0 Å². The van der Waals surface area contributed by atoms with Crippen LogP contribution in [0.3, 0.4) is 0 Å². The van der Waals surface area contributed by atoms with Gasteiger partial charge in [0.05, 0.1) is 10.0 Å². The van der Waals surface area contributed by atoms with Crippen molar-refractivity contribution < 1.29 is 13.6 Å². The van der Waals surface area contributed by atoms with Gasteiger partial charge in [0, 0.05) is 5.41 Å². The van der Waals surface area contributed by atoms with Gasteiger partial charge in [-0.1, -0.05) is 26.2 Å². The fourth-order valence-electron chi connectivity index (χ4n) is 2.60. The zero-order valence-corrected chi connectivity index (χ0v) is 11.8. The second-order valence-corrected chi connectivity index (χ2v) is 6.02. The molecule has 0 spiro atoms. The first-order valence-corrected chi connectivity index (χ1v) is 6.93. The van der Waals surface area contributed by atoms with Crippen molar-refractivity contribution in [3.63, 3.8) is 0 Å². The highest BCUT2D eigenvalue weighted by atomic mass is 79.9. The summed E-state index contributed by atoms with van der Waals surface area (Å²) in [6, 6.07) is 2.41. The van der Waals surface area contributed by atoms with E-state index in [4.69, 9.17) is 0 Å². The Morgan fingerprint density at radius 3 is 2.44 bits per heavy atom. The smallest absolute Gasteiger partial charge is 0.174 e. The first-order valence-electron chi connectivity index (χ1n) is 6.14. The summed E-state index contributed by atoms with van der Waals surface area (Å²) < 4.78 is 27.8. The van der Waals surface area contributed by atoms with Gasteiger partial charge in [-0.3, -0.25) is 4.79 Å². The third kappa shape index (κ3) is 2.35. The van der Waals surface area contributed by atoms with Crippen LogP contribution in [0.25, 0.3) is 0 Å². The van der Waals surface area contributed by atoms with Crippen molar-refractivity contribution in [2.75, 3.05) is 0 Å². The molecule has 1 nitrogen and oxygen atoms in total. The number of hydrogen-bond donors (Lipinski definition) is 0. The van der Waals surface area contributed by atoms with E-state index in [0.29, 0.717) is 12.8 Å². The van der Waals surface area contributed by atoms with Gasteiger partial charge in [0.15, 0.2) is 11.6 Å². The molecular formula is C14H15BrF2O. The second kappa shape index (κ2) is 5.08. The quantitative estimate of drug-likeness (QED) is 0.561. The van der Waals surface area contributed by atoms with Crippen molar-refractivity contribution >= 4 is 21.7 Å². The molecular weight excluding hydrogens is 302 g/mol. The summed E-state index contributed by atoms with van der Waals surface area (Å²) in [6.45, 7) is 1.81. The molecule has 0 saturated heterocycles. The average Bonchev–Trinajstić information content (AvgIpc) is 2.35. The van der Waals surface area contributed by atoms with Gasteiger partial charge in [-0.05, 0) is 40.9 Å². The number of ketones is 1. The minimum absolute atomic E-state index is 0.131. The lowest BCUT2D eigenvalue weighted by Crippen LogP contribution is -2.31. The number of hydrogen-bond acceptors (Lipinski definition) is 1. The van der Waals surface area contributed by atoms with Crippen molar-refractivity contribution in [2.45, 2.75) is 39.0 Å². The third-order valence-electron chi connectivity index (χ3n) is 3.78. The summed E-state index contributed by atoms with van der Waals surface area (Å²) in [5.41, 5.74) is -1.02. The van der Waals surface area contributed by atoms with Crippen LogP contribution in [0, 0.1) is 17.0 Å². The molecule has 0 heterocycles. The molecule has 18 heavy (non-hydrogen) atoms. The molecule has 0 atom stereocenters. The standard InChI is InChI=1S/C14H15BrF2O/c1-14(7-3-2-4-8-14)13(18)11-10(16)6-5-9(15)12(11)17/h5-6H,2-4,7-8H2,1H3. The van der Waals surface area contributed by atoms with Crippen molar-refractivity contribution in [2.24, 2.45) is 5.41 Å². The van der Waals surface area contributed by atoms with Crippen molar-refractivity contribution in [1.82, 2.24) is 0 Å². The number of halogens is 3. The number of Topliss-reactive ketones (excluding diaryl/α,β-unsaturated/α-hetero) is 1. The molecule has 1 aliphatic carbocycles. The number of carbonyl (C=O) groups is 1. The van der Waals surface area contributed by atoms with E-state index in [1.54, 1.807) is 0 Å². The Hall–Kier alpha value is -0.770. The van der Waals surface area contributed by atoms with Gasteiger partial charge in [0.25, 0.3) is 0 Å². The zero-order valence-electron chi connectivity index (χ0n) is 10.2. The van der Waals surface area contributed by atoms with E-state index in [1.165, 1.54) is 6.07 Å². The van der Waals surface area contributed by atoms with Crippen LogP contribution in [0.1, 0.15) is 49.4 Å². The molecule has 98 valence electrons. The van der Waals surface area contributed by atoms with E-state index in [-0.39, 0.29) is 4.47 Å². The van der Waals surface area contributed by atoms with Crippen LogP contribution in [0.2, 0.25) is 0 Å². The Kier molecular flexibility index (Phi) is 3.85. The molecule has 1 aliphatic rings. The van der Waals surface area contributed by atoms with Crippen molar-refractivity contribution in [3.8, 4) is 0 Å². The molecule has 0 aromatic heterocycles. The minimum Gasteiger partial charge on any atom is -0.293 e. The molecule has 0 N–H and O–H groups in total. The van der Waals surface area contributed by atoms with E-state index < -0.39 is 28.4 Å². The first kappa shape index (κ1) is 13.7. The highest BCUT2D eigenvalue weighted by Gasteiger charge is 2.38. The lowest BCUT2D eigenvalue weighted by Gasteiger charge is -2.32. The largest absolute Gasteiger partial charge is 0.293 e. The summed E-state index contributed by atoms with van der Waals surface area (Å²) in [5.74, 6) is -1.96. The molecule has 0 amide bonds. The summed E-state index contributed by atoms with van der Waals surface area (Å²) in [7, 11) is 0. The highest BCUT2D eigenvalue weighted by molar-refractivity contribution is 9.10. The molecule has 1 fully saturated rings. The lowest BCUT2D eigenvalue weighted by atomic mass is 9.71. The summed E-state index contributed by atoms with van der Waals surface area (Å²) >= 11 is 3.00. The predicted octanol–water partition coefficient (Wildman–Crippen LogP) is 4.88. The highest BCUT2D eigenvalue weighted by Crippen LogP contribution is 2.40. The van der Waals surface area contributed by atoms with E-state index in [2.05, 4.69) is 15.9 Å². The summed E-state index contributed by atoms with van der Waals surface area (Å²) in [6.07, 6.45) is 4.39. The monoisotopic (exact) mass is 316 g/mol. The molecule has 1 aromatic carbocycles. The Bertz CT molecular complexity index is 479. The number of rotatable bonds is 2. The lowest BCUT2D eigenvalue weighted by molar-refractivity contribution is 0.0739. The predicted molar refractivity (Wildman–Crippen MR) is 69.6 cm³/mol. The number of carbonyl (C=O) groups excluding carboxylic acids is 1. The summed E-state index contributed by atoms with van der Waals surface area (Å²) in [4.78, 5) is 12.4. The minimum atomic E-state index is -0.785. The molecule has 1 aromatic rings. The second-order valence-electron chi connectivity index (χ2n) is 5.17. The van der Waals surface area contributed by atoms with Crippen molar-refractivity contribution in [3.05, 3.63) is 33.8 Å². The Balaban J connectivity index is 2.42. The van der Waals surface area contributed by atoms with Crippen LogP contribution in [0.5, 0.6) is 0 Å². The van der Waals surface area contributed by atoms with Gasteiger partial charge in [0.1, 0.15) is 5.82 Å². The molecule has 0 aliphatic heterocycles. The van der Waals surface area contributed by atoms with Crippen LogP contribution >= 0.6 is 15.9 Å². The molecule has 4 heteroatoms. The zero-order chi connectivity index (χ0) is 13.3. The van der Waals surface area contributed by atoms with E-state index in [0.717, 1.165) is 25.3 Å².